The van der Waals surface area contributed by atoms with Gasteiger partial charge in [0.15, 0.2) is 0 Å². The number of methoxy groups -OCH3 is 1. The van der Waals surface area contributed by atoms with Crippen LogP contribution in [-0.4, -0.2) is 44.1 Å². The number of benzene rings is 1. The number of carbonyl (C=O) groups excluding carboxylic acids is 2. The molecule has 1 saturated heterocycles. The van der Waals surface area contributed by atoms with Crippen molar-refractivity contribution in [2.24, 2.45) is 0 Å². The number of carbonyl (C=O) groups is 2. The molecule has 1 aromatic rings. The van der Waals surface area contributed by atoms with Gasteiger partial charge in [-0.25, -0.2) is 9.59 Å². The van der Waals surface area contributed by atoms with E-state index in [0.717, 1.165) is 5.69 Å². The monoisotopic (exact) mass is 234 g/mol. The number of hydrogen-bond donors (Lipinski definition) is 0. The molecule has 2 amide bonds. The van der Waals surface area contributed by atoms with Gasteiger partial charge < -0.3 is 9.64 Å². The molecule has 0 aliphatic carbocycles. The molecule has 0 radical (unpaired) electrons. The summed E-state index contributed by atoms with van der Waals surface area (Å²) in [4.78, 5) is 26.5. The average Bonchev–Trinajstić information content (AvgIpc) is 2.69. The van der Waals surface area contributed by atoms with E-state index in [9.17, 15) is 9.59 Å². The molecule has 1 aliphatic rings. The minimum absolute atomic E-state index is 0.0491. The summed E-state index contributed by atoms with van der Waals surface area (Å²) in [6.45, 7) is 1.33. The third-order valence-corrected chi connectivity index (χ3v) is 2.80. The van der Waals surface area contributed by atoms with Gasteiger partial charge in [0.25, 0.3) is 0 Å². The van der Waals surface area contributed by atoms with E-state index in [1.165, 1.54) is 7.11 Å². The van der Waals surface area contributed by atoms with Crippen LogP contribution >= 0.6 is 0 Å². The smallest absolute Gasteiger partial charge is 0.337 e. The lowest BCUT2D eigenvalue weighted by Crippen LogP contribution is -2.29. The first-order valence-electron chi connectivity index (χ1n) is 5.34. The van der Waals surface area contributed by atoms with Gasteiger partial charge >= 0.3 is 12.0 Å². The molecular formula is C12H14N2O3. The number of rotatable bonds is 2. The van der Waals surface area contributed by atoms with Crippen molar-refractivity contribution in [3.8, 4) is 0 Å². The van der Waals surface area contributed by atoms with E-state index in [1.54, 1.807) is 35.0 Å². The molecule has 5 heteroatoms. The summed E-state index contributed by atoms with van der Waals surface area (Å²) in [5, 5.41) is 0. The maximum absolute atomic E-state index is 11.8. The van der Waals surface area contributed by atoms with Crippen LogP contribution in [0.2, 0.25) is 0 Å². The summed E-state index contributed by atoms with van der Waals surface area (Å²) >= 11 is 0. The van der Waals surface area contributed by atoms with Gasteiger partial charge in [-0.05, 0) is 18.2 Å². The van der Waals surface area contributed by atoms with Gasteiger partial charge in [-0.3, -0.25) is 4.90 Å². The molecule has 0 saturated carbocycles. The molecule has 17 heavy (non-hydrogen) atoms. The Bertz CT molecular complexity index is 459. The molecule has 90 valence electrons. The zero-order valence-electron chi connectivity index (χ0n) is 9.84. The van der Waals surface area contributed by atoms with Crippen molar-refractivity contribution in [3.63, 3.8) is 0 Å². The number of amides is 2. The number of anilines is 1. The third-order valence-electron chi connectivity index (χ3n) is 2.80. The minimum Gasteiger partial charge on any atom is -0.465 e. The molecular weight excluding hydrogens is 220 g/mol. The number of ether oxygens (including phenoxy) is 1. The van der Waals surface area contributed by atoms with Gasteiger partial charge in [-0.1, -0.05) is 6.07 Å². The highest BCUT2D eigenvalue weighted by atomic mass is 16.5. The van der Waals surface area contributed by atoms with E-state index in [-0.39, 0.29) is 6.03 Å². The van der Waals surface area contributed by atoms with Gasteiger partial charge in [0.1, 0.15) is 0 Å². The van der Waals surface area contributed by atoms with Crippen LogP contribution in [0.1, 0.15) is 10.4 Å². The highest BCUT2D eigenvalue weighted by Crippen LogP contribution is 2.20. The Labute approximate surface area is 99.6 Å². The van der Waals surface area contributed by atoms with Gasteiger partial charge in [0, 0.05) is 25.8 Å². The van der Waals surface area contributed by atoms with Crippen LogP contribution in [0.5, 0.6) is 0 Å². The third kappa shape index (κ3) is 2.08. The Kier molecular flexibility index (Phi) is 2.99. The first kappa shape index (κ1) is 11.4. The predicted octanol–water partition coefficient (Wildman–Crippen LogP) is 1.35. The van der Waals surface area contributed by atoms with Crippen LogP contribution in [0.25, 0.3) is 0 Å². The SMILES string of the molecule is COC(=O)c1cccc(N2CCN(C)C2=O)c1. The van der Waals surface area contributed by atoms with Crippen molar-refractivity contribution in [2.75, 3.05) is 32.1 Å². The molecule has 0 aromatic heterocycles. The Hall–Kier alpha value is -2.04. The normalized spacial score (nSPS) is 15.3. The number of urea groups is 1. The Morgan fingerprint density at radius 2 is 2.12 bits per heavy atom. The van der Waals surface area contributed by atoms with E-state index >= 15 is 0 Å². The molecule has 1 aromatic carbocycles. The second kappa shape index (κ2) is 4.45. The number of hydrogen-bond acceptors (Lipinski definition) is 3. The average molecular weight is 234 g/mol. The molecule has 0 bridgehead atoms. The molecule has 5 nitrogen and oxygen atoms in total. The fourth-order valence-corrected chi connectivity index (χ4v) is 1.81. The molecule has 0 unspecified atom stereocenters. The summed E-state index contributed by atoms with van der Waals surface area (Å²) < 4.78 is 4.65. The first-order chi connectivity index (χ1) is 8.13. The number of likely N-dealkylation sites (N-methyl/N-ethyl adjacent to an activating group) is 1. The number of nitrogens with zero attached hydrogens (tertiary/aromatic N) is 2. The Balaban J connectivity index is 2.28. The molecule has 0 atom stereocenters. The van der Waals surface area contributed by atoms with Crippen LogP contribution in [0.3, 0.4) is 0 Å². The highest BCUT2D eigenvalue weighted by molar-refractivity contribution is 5.96. The minimum atomic E-state index is -0.396. The summed E-state index contributed by atoms with van der Waals surface area (Å²) in [5.41, 5.74) is 1.18. The lowest BCUT2D eigenvalue weighted by atomic mass is 10.2. The van der Waals surface area contributed by atoms with Crippen molar-refractivity contribution in [2.45, 2.75) is 0 Å². The molecule has 0 spiro atoms. The summed E-state index contributed by atoms with van der Waals surface area (Å²) in [6, 6.07) is 6.84. The molecule has 1 fully saturated rings. The maximum Gasteiger partial charge on any atom is 0.337 e. The Morgan fingerprint density at radius 1 is 1.35 bits per heavy atom. The topological polar surface area (TPSA) is 49.9 Å². The molecule has 1 heterocycles. The van der Waals surface area contributed by atoms with Gasteiger partial charge in [0.2, 0.25) is 0 Å². The molecule has 0 N–H and O–H groups in total. The number of esters is 1. The zero-order chi connectivity index (χ0) is 12.4. The van der Waals surface area contributed by atoms with Crippen molar-refractivity contribution in [1.82, 2.24) is 4.90 Å². The zero-order valence-corrected chi connectivity index (χ0v) is 9.84. The van der Waals surface area contributed by atoms with Crippen LogP contribution < -0.4 is 4.90 Å². The van der Waals surface area contributed by atoms with Crippen molar-refractivity contribution in [1.29, 1.82) is 0 Å². The quantitative estimate of drug-likeness (QED) is 0.726. The molecule has 1 aliphatic heterocycles. The standard InChI is InChI=1S/C12H14N2O3/c1-13-6-7-14(12(13)16)10-5-3-4-9(8-10)11(15)17-2/h3-5,8H,6-7H2,1-2H3. The van der Waals surface area contributed by atoms with E-state index in [1.807, 2.05) is 6.07 Å². The fraction of sp³-hybridized carbons (Fsp3) is 0.333. The molecule has 2 rings (SSSR count). The first-order valence-corrected chi connectivity index (χ1v) is 5.34. The largest absolute Gasteiger partial charge is 0.465 e. The van der Waals surface area contributed by atoms with Crippen LogP contribution in [0.15, 0.2) is 24.3 Å². The lowest BCUT2D eigenvalue weighted by Gasteiger charge is -2.16. The van der Waals surface area contributed by atoms with Crippen molar-refractivity contribution < 1.29 is 14.3 Å². The van der Waals surface area contributed by atoms with E-state index in [0.29, 0.717) is 18.7 Å². The second-order valence-corrected chi connectivity index (χ2v) is 3.90. The van der Waals surface area contributed by atoms with E-state index in [4.69, 9.17) is 0 Å². The van der Waals surface area contributed by atoms with Gasteiger partial charge in [0.05, 0.1) is 12.7 Å². The summed E-state index contributed by atoms with van der Waals surface area (Å²) in [5.74, 6) is -0.396. The lowest BCUT2D eigenvalue weighted by molar-refractivity contribution is 0.0600. The van der Waals surface area contributed by atoms with Crippen molar-refractivity contribution >= 4 is 17.7 Å². The van der Waals surface area contributed by atoms with E-state index < -0.39 is 5.97 Å². The predicted molar refractivity (Wildman–Crippen MR) is 63.2 cm³/mol. The fourth-order valence-electron chi connectivity index (χ4n) is 1.81. The van der Waals surface area contributed by atoms with Gasteiger partial charge in [-0.15, -0.1) is 0 Å². The summed E-state index contributed by atoms with van der Waals surface area (Å²) in [7, 11) is 3.09. The van der Waals surface area contributed by atoms with Crippen LogP contribution in [0.4, 0.5) is 10.5 Å². The van der Waals surface area contributed by atoms with Crippen LogP contribution in [0, 0.1) is 0 Å². The second-order valence-electron chi connectivity index (χ2n) is 3.90. The van der Waals surface area contributed by atoms with Gasteiger partial charge in [-0.2, -0.15) is 0 Å². The highest BCUT2D eigenvalue weighted by Gasteiger charge is 2.26. The summed E-state index contributed by atoms with van der Waals surface area (Å²) in [6.07, 6.45) is 0. The maximum atomic E-state index is 11.8. The Morgan fingerprint density at radius 3 is 2.71 bits per heavy atom. The van der Waals surface area contributed by atoms with Crippen molar-refractivity contribution in [3.05, 3.63) is 29.8 Å². The van der Waals surface area contributed by atoms with E-state index in [2.05, 4.69) is 4.74 Å². The van der Waals surface area contributed by atoms with Crippen LogP contribution in [-0.2, 0) is 4.74 Å².